The molecule has 0 bridgehead atoms. The Balaban J connectivity index is 1.58. The number of cyclic esters (lactones) is 1. The average molecular weight is 398 g/mol. The summed E-state index contributed by atoms with van der Waals surface area (Å²) >= 11 is 0. The largest absolute Gasteiger partial charge is 0.434 e. The summed E-state index contributed by atoms with van der Waals surface area (Å²) < 4.78 is 34.8. The lowest BCUT2D eigenvalue weighted by Gasteiger charge is -2.15. The van der Waals surface area contributed by atoms with Crippen LogP contribution in [0.15, 0.2) is 59.2 Å². The Bertz CT molecular complexity index is 1020. The summed E-state index contributed by atoms with van der Waals surface area (Å²) in [4.78, 5) is 29.9. The van der Waals surface area contributed by atoms with E-state index in [9.17, 15) is 18.4 Å². The summed E-state index contributed by atoms with van der Waals surface area (Å²) in [7, 11) is 0. The molecule has 2 aromatic rings. The number of carbonyl (C=O) groups is 2. The standard InChI is InChI=1S/C21H16F2N2O4/c22-21(23)28-17-5-2-1-4-14(17)12-16-20(27)29-19(24-16)13-7-9-15(10-8-13)25-11-3-6-18(25)26/h1-2,4-5,7-10,12,21H,3,6,11H2/b16-12-. The van der Waals surface area contributed by atoms with Gasteiger partial charge in [0.2, 0.25) is 11.8 Å². The van der Waals surface area contributed by atoms with E-state index in [1.165, 1.54) is 18.2 Å². The quantitative estimate of drug-likeness (QED) is 0.568. The van der Waals surface area contributed by atoms with Crippen molar-refractivity contribution in [1.82, 2.24) is 0 Å². The Kier molecular flexibility index (Phi) is 5.07. The van der Waals surface area contributed by atoms with E-state index in [0.29, 0.717) is 18.5 Å². The second kappa shape index (κ2) is 7.83. The Labute approximate surface area is 165 Å². The highest BCUT2D eigenvalue weighted by Gasteiger charge is 2.26. The molecule has 0 N–H and O–H groups in total. The van der Waals surface area contributed by atoms with Crippen LogP contribution in [-0.2, 0) is 14.3 Å². The van der Waals surface area contributed by atoms with Crippen LogP contribution in [0, 0.1) is 0 Å². The summed E-state index contributed by atoms with van der Waals surface area (Å²) in [6.45, 7) is -2.30. The number of rotatable bonds is 5. The third-order valence-corrected chi connectivity index (χ3v) is 4.55. The molecule has 4 rings (SSSR count). The highest BCUT2D eigenvalue weighted by Crippen LogP contribution is 2.27. The first-order valence-electron chi connectivity index (χ1n) is 8.98. The first-order valence-corrected chi connectivity index (χ1v) is 8.98. The molecule has 6 nitrogen and oxygen atoms in total. The maximum absolute atomic E-state index is 12.6. The van der Waals surface area contributed by atoms with Gasteiger partial charge in [-0.05, 0) is 42.8 Å². The molecule has 2 heterocycles. The van der Waals surface area contributed by atoms with E-state index in [-0.39, 0.29) is 28.8 Å². The van der Waals surface area contributed by atoms with Crippen molar-refractivity contribution in [3.8, 4) is 5.75 Å². The van der Waals surface area contributed by atoms with Gasteiger partial charge in [-0.2, -0.15) is 8.78 Å². The number of ether oxygens (including phenoxy) is 2. The molecule has 148 valence electrons. The van der Waals surface area contributed by atoms with Crippen molar-refractivity contribution in [2.45, 2.75) is 19.5 Å². The Morgan fingerprint density at radius 3 is 2.55 bits per heavy atom. The van der Waals surface area contributed by atoms with E-state index in [1.54, 1.807) is 41.3 Å². The zero-order chi connectivity index (χ0) is 20.4. The lowest BCUT2D eigenvalue weighted by atomic mass is 10.1. The van der Waals surface area contributed by atoms with Crippen molar-refractivity contribution in [3.63, 3.8) is 0 Å². The van der Waals surface area contributed by atoms with E-state index in [4.69, 9.17) is 4.74 Å². The number of para-hydroxylation sites is 1. The van der Waals surface area contributed by atoms with Gasteiger partial charge in [0.05, 0.1) is 0 Å². The van der Waals surface area contributed by atoms with Crippen LogP contribution in [0.5, 0.6) is 5.75 Å². The lowest BCUT2D eigenvalue weighted by molar-refractivity contribution is -0.130. The van der Waals surface area contributed by atoms with E-state index in [0.717, 1.165) is 12.1 Å². The monoisotopic (exact) mass is 398 g/mol. The Morgan fingerprint density at radius 1 is 1.10 bits per heavy atom. The van der Waals surface area contributed by atoms with Gasteiger partial charge in [0.15, 0.2) is 5.70 Å². The summed E-state index contributed by atoms with van der Waals surface area (Å²) in [5.41, 5.74) is 1.60. The van der Waals surface area contributed by atoms with Crippen molar-refractivity contribution in [1.29, 1.82) is 0 Å². The van der Waals surface area contributed by atoms with Crippen LogP contribution >= 0.6 is 0 Å². The van der Waals surface area contributed by atoms with Gasteiger partial charge >= 0.3 is 12.6 Å². The van der Waals surface area contributed by atoms with Crippen LogP contribution in [0.2, 0.25) is 0 Å². The highest BCUT2D eigenvalue weighted by atomic mass is 19.3. The number of hydrogen-bond acceptors (Lipinski definition) is 5. The highest BCUT2D eigenvalue weighted by molar-refractivity contribution is 6.13. The van der Waals surface area contributed by atoms with Gasteiger partial charge in [-0.3, -0.25) is 4.79 Å². The molecule has 8 heteroatoms. The molecule has 1 fully saturated rings. The third kappa shape index (κ3) is 4.01. The fraction of sp³-hybridized carbons (Fsp3) is 0.190. The van der Waals surface area contributed by atoms with Crippen LogP contribution < -0.4 is 9.64 Å². The van der Waals surface area contributed by atoms with Crippen LogP contribution in [-0.4, -0.2) is 30.9 Å². The number of anilines is 1. The number of hydrogen-bond donors (Lipinski definition) is 0. The Hall–Kier alpha value is -3.55. The van der Waals surface area contributed by atoms with Crippen LogP contribution in [0.4, 0.5) is 14.5 Å². The number of benzene rings is 2. The number of esters is 1. The molecule has 29 heavy (non-hydrogen) atoms. The number of nitrogens with zero attached hydrogens (tertiary/aromatic N) is 2. The van der Waals surface area contributed by atoms with Crippen LogP contribution in [0.3, 0.4) is 0 Å². The van der Waals surface area contributed by atoms with Crippen LogP contribution in [0.25, 0.3) is 6.08 Å². The van der Waals surface area contributed by atoms with Crippen molar-refractivity contribution < 1.29 is 27.8 Å². The molecule has 2 aliphatic heterocycles. The van der Waals surface area contributed by atoms with Gasteiger partial charge in [-0.15, -0.1) is 0 Å². The van der Waals surface area contributed by atoms with Crippen molar-refractivity contribution >= 4 is 29.5 Å². The SMILES string of the molecule is O=C1OC(c2ccc(N3CCCC3=O)cc2)=N/C1=C\c1ccccc1OC(F)F. The maximum Gasteiger partial charge on any atom is 0.387 e. The maximum atomic E-state index is 12.6. The lowest BCUT2D eigenvalue weighted by Crippen LogP contribution is -2.23. The van der Waals surface area contributed by atoms with Gasteiger partial charge in [-0.1, -0.05) is 18.2 Å². The first kappa shape index (κ1) is 18.8. The minimum Gasteiger partial charge on any atom is -0.434 e. The average Bonchev–Trinajstić information content (AvgIpc) is 3.29. The smallest absolute Gasteiger partial charge is 0.387 e. The molecular formula is C21H16F2N2O4. The molecule has 2 aromatic carbocycles. The van der Waals surface area contributed by atoms with Crippen molar-refractivity contribution in [3.05, 3.63) is 65.4 Å². The molecule has 1 amide bonds. The first-order chi connectivity index (χ1) is 14.0. The fourth-order valence-corrected chi connectivity index (χ4v) is 3.19. The van der Waals surface area contributed by atoms with E-state index in [2.05, 4.69) is 9.73 Å². The van der Waals surface area contributed by atoms with Gasteiger partial charge in [0.1, 0.15) is 5.75 Å². The molecular weight excluding hydrogens is 382 g/mol. The van der Waals surface area contributed by atoms with Gasteiger partial charge in [0, 0.05) is 29.8 Å². The van der Waals surface area contributed by atoms with Crippen LogP contribution in [0.1, 0.15) is 24.0 Å². The summed E-state index contributed by atoms with van der Waals surface area (Å²) in [6, 6.07) is 13.1. The normalized spacial score (nSPS) is 17.8. The van der Waals surface area contributed by atoms with E-state index >= 15 is 0 Å². The molecule has 0 atom stereocenters. The van der Waals surface area contributed by atoms with E-state index in [1.807, 2.05) is 0 Å². The predicted octanol–water partition coefficient (Wildman–Crippen LogP) is 3.76. The molecule has 0 radical (unpaired) electrons. The summed E-state index contributed by atoms with van der Waals surface area (Å²) in [5.74, 6) is -0.568. The molecule has 0 unspecified atom stereocenters. The second-order valence-corrected chi connectivity index (χ2v) is 6.45. The van der Waals surface area contributed by atoms with Gasteiger partial charge in [0.25, 0.3) is 0 Å². The summed E-state index contributed by atoms with van der Waals surface area (Å²) in [6.07, 6.45) is 2.71. The van der Waals surface area contributed by atoms with Crippen molar-refractivity contribution in [2.75, 3.05) is 11.4 Å². The van der Waals surface area contributed by atoms with Gasteiger partial charge in [-0.25, -0.2) is 9.79 Å². The number of amides is 1. The van der Waals surface area contributed by atoms with Gasteiger partial charge < -0.3 is 14.4 Å². The number of halogens is 2. The predicted molar refractivity (Wildman–Crippen MR) is 102 cm³/mol. The number of carbonyl (C=O) groups excluding carboxylic acids is 2. The van der Waals surface area contributed by atoms with Crippen molar-refractivity contribution in [2.24, 2.45) is 4.99 Å². The minimum absolute atomic E-state index is 0.0240. The minimum atomic E-state index is -2.98. The molecule has 0 aromatic heterocycles. The summed E-state index contributed by atoms with van der Waals surface area (Å²) in [5, 5.41) is 0. The second-order valence-electron chi connectivity index (χ2n) is 6.45. The molecule has 0 aliphatic carbocycles. The van der Waals surface area contributed by atoms with E-state index < -0.39 is 12.6 Å². The molecule has 0 spiro atoms. The topological polar surface area (TPSA) is 68.2 Å². The number of alkyl halides is 2. The fourth-order valence-electron chi connectivity index (χ4n) is 3.19. The Morgan fingerprint density at radius 2 is 1.86 bits per heavy atom. The zero-order valence-corrected chi connectivity index (χ0v) is 15.2. The molecule has 2 aliphatic rings. The zero-order valence-electron chi connectivity index (χ0n) is 15.2. The third-order valence-electron chi connectivity index (χ3n) is 4.55. The molecule has 0 saturated carbocycles. The number of aliphatic imine (C=N–C) groups is 1. The molecule has 1 saturated heterocycles.